The van der Waals surface area contributed by atoms with Crippen LogP contribution in [0.4, 0.5) is 15.8 Å². The van der Waals surface area contributed by atoms with Crippen molar-refractivity contribution in [1.29, 1.82) is 0 Å². The Kier molecular flexibility index (Phi) is 4.34. The van der Waals surface area contributed by atoms with Crippen molar-refractivity contribution in [2.75, 3.05) is 16.8 Å². The fourth-order valence-electron chi connectivity index (χ4n) is 3.03. The lowest BCUT2D eigenvalue weighted by Gasteiger charge is -2.19. The summed E-state index contributed by atoms with van der Waals surface area (Å²) in [4.78, 5) is 26.4. The lowest BCUT2D eigenvalue weighted by atomic mass is 10.1. The van der Waals surface area contributed by atoms with Crippen molar-refractivity contribution in [3.63, 3.8) is 0 Å². The maximum Gasteiger partial charge on any atom is 0.229 e. The van der Waals surface area contributed by atoms with E-state index in [9.17, 15) is 14.0 Å². The molecule has 2 aromatic rings. The van der Waals surface area contributed by atoms with Crippen LogP contribution in [0.25, 0.3) is 0 Å². The molecular formula is C19H19FN2O2. The molecule has 1 saturated heterocycles. The van der Waals surface area contributed by atoms with Crippen molar-refractivity contribution in [2.24, 2.45) is 5.92 Å². The number of amides is 2. The highest BCUT2D eigenvalue weighted by molar-refractivity contribution is 6.03. The Balaban J connectivity index is 1.73. The van der Waals surface area contributed by atoms with Crippen molar-refractivity contribution < 1.29 is 14.0 Å². The predicted molar refractivity (Wildman–Crippen MR) is 91.4 cm³/mol. The zero-order chi connectivity index (χ0) is 17.3. The maximum absolute atomic E-state index is 13.2. The number of nitrogens with one attached hydrogen (secondary N) is 1. The minimum Gasteiger partial charge on any atom is -0.326 e. The summed E-state index contributed by atoms with van der Waals surface area (Å²) in [5.41, 5.74) is 3.38. The maximum atomic E-state index is 13.2. The van der Waals surface area contributed by atoms with Crippen LogP contribution in [0, 0.1) is 25.6 Å². The number of benzene rings is 2. The van der Waals surface area contributed by atoms with Gasteiger partial charge in [0, 0.05) is 24.3 Å². The Morgan fingerprint density at radius 2 is 2.00 bits per heavy atom. The van der Waals surface area contributed by atoms with Crippen molar-refractivity contribution in [3.05, 3.63) is 59.4 Å². The summed E-state index contributed by atoms with van der Waals surface area (Å²) in [6, 6.07) is 11.6. The minimum absolute atomic E-state index is 0.0682. The first-order valence-corrected chi connectivity index (χ1v) is 7.88. The Morgan fingerprint density at radius 1 is 1.21 bits per heavy atom. The topological polar surface area (TPSA) is 49.4 Å². The standard InChI is InChI=1S/C19H19FN2O2/c1-12-6-7-17(13(2)8-12)22-11-14(9-18(22)23)19(24)21-16-5-3-4-15(20)10-16/h3-8,10,14H,9,11H2,1-2H3,(H,21,24). The molecule has 124 valence electrons. The van der Waals surface area contributed by atoms with E-state index in [0.717, 1.165) is 16.8 Å². The van der Waals surface area contributed by atoms with Gasteiger partial charge in [-0.05, 0) is 43.7 Å². The second-order valence-electron chi connectivity index (χ2n) is 6.19. The highest BCUT2D eigenvalue weighted by Gasteiger charge is 2.35. The molecule has 0 spiro atoms. The number of halogens is 1. The van der Waals surface area contributed by atoms with Crippen molar-refractivity contribution in [3.8, 4) is 0 Å². The average Bonchev–Trinajstić information content (AvgIpc) is 2.89. The highest BCUT2D eigenvalue weighted by atomic mass is 19.1. The molecule has 1 fully saturated rings. The van der Waals surface area contributed by atoms with E-state index in [1.54, 1.807) is 11.0 Å². The molecule has 1 heterocycles. The van der Waals surface area contributed by atoms with E-state index in [-0.39, 0.29) is 18.2 Å². The average molecular weight is 326 g/mol. The van der Waals surface area contributed by atoms with Gasteiger partial charge in [-0.2, -0.15) is 0 Å². The smallest absolute Gasteiger partial charge is 0.229 e. The van der Waals surface area contributed by atoms with Gasteiger partial charge in [0.05, 0.1) is 5.92 Å². The van der Waals surface area contributed by atoms with Crippen molar-refractivity contribution >= 4 is 23.2 Å². The molecule has 2 amide bonds. The number of hydrogen-bond donors (Lipinski definition) is 1. The van der Waals surface area contributed by atoms with Crippen molar-refractivity contribution in [2.45, 2.75) is 20.3 Å². The van der Waals surface area contributed by atoms with Gasteiger partial charge in [-0.25, -0.2) is 4.39 Å². The summed E-state index contributed by atoms with van der Waals surface area (Å²) >= 11 is 0. The first kappa shape index (κ1) is 16.2. The lowest BCUT2D eigenvalue weighted by Crippen LogP contribution is -2.28. The molecule has 4 nitrogen and oxygen atoms in total. The SMILES string of the molecule is Cc1ccc(N2CC(C(=O)Nc3cccc(F)c3)CC2=O)c(C)c1. The molecule has 3 rings (SSSR count). The van der Waals surface area contributed by atoms with Crippen LogP contribution >= 0.6 is 0 Å². The fraction of sp³-hybridized carbons (Fsp3) is 0.263. The van der Waals surface area contributed by atoms with Crippen LogP contribution in [0.1, 0.15) is 17.5 Å². The van der Waals surface area contributed by atoms with Crippen LogP contribution in [0.2, 0.25) is 0 Å². The van der Waals surface area contributed by atoms with Gasteiger partial charge < -0.3 is 10.2 Å². The van der Waals surface area contributed by atoms with E-state index < -0.39 is 11.7 Å². The predicted octanol–water partition coefficient (Wildman–Crippen LogP) is 3.43. The molecule has 1 aliphatic rings. The van der Waals surface area contributed by atoms with E-state index >= 15 is 0 Å². The number of carbonyl (C=O) groups excluding carboxylic acids is 2. The third-order valence-corrected chi connectivity index (χ3v) is 4.23. The molecule has 0 saturated carbocycles. The first-order valence-electron chi connectivity index (χ1n) is 7.88. The summed E-state index contributed by atoms with van der Waals surface area (Å²) in [5.74, 6) is -1.18. The monoisotopic (exact) mass is 326 g/mol. The van der Waals surface area contributed by atoms with Crippen LogP contribution in [0.5, 0.6) is 0 Å². The Labute approximate surface area is 140 Å². The lowest BCUT2D eigenvalue weighted by molar-refractivity contribution is -0.122. The fourth-order valence-corrected chi connectivity index (χ4v) is 3.03. The zero-order valence-corrected chi connectivity index (χ0v) is 13.7. The van der Waals surface area contributed by atoms with E-state index in [1.165, 1.54) is 18.2 Å². The molecule has 0 aromatic heterocycles. The van der Waals surface area contributed by atoms with Crippen LogP contribution in [0.3, 0.4) is 0 Å². The van der Waals surface area contributed by atoms with Gasteiger partial charge in [0.15, 0.2) is 0 Å². The number of nitrogens with zero attached hydrogens (tertiary/aromatic N) is 1. The largest absolute Gasteiger partial charge is 0.326 e. The highest BCUT2D eigenvalue weighted by Crippen LogP contribution is 2.29. The van der Waals surface area contributed by atoms with Gasteiger partial charge in [0.2, 0.25) is 11.8 Å². The van der Waals surface area contributed by atoms with Gasteiger partial charge in [0.25, 0.3) is 0 Å². The van der Waals surface area contributed by atoms with Gasteiger partial charge in [-0.3, -0.25) is 9.59 Å². The first-order chi connectivity index (χ1) is 11.4. The molecule has 1 atom stereocenters. The van der Waals surface area contributed by atoms with Crippen LogP contribution in [-0.2, 0) is 9.59 Å². The number of aryl methyl sites for hydroxylation is 2. The summed E-state index contributed by atoms with van der Waals surface area (Å²) < 4.78 is 13.2. The number of rotatable bonds is 3. The normalized spacial score (nSPS) is 17.2. The second kappa shape index (κ2) is 6.43. The molecule has 5 heteroatoms. The Bertz CT molecular complexity index is 804. The molecule has 24 heavy (non-hydrogen) atoms. The molecule has 0 aliphatic carbocycles. The van der Waals surface area contributed by atoms with E-state index in [0.29, 0.717) is 12.2 Å². The van der Waals surface area contributed by atoms with E-state index in [1.807, 2.05) is 32.0 Å². The molecule has 0 radical (unpaired) electrons. The van der Waals surface area contributed by atoms with Crippen molar-refractivity contribution in [1.82, 2.24) is 0 Å². The molecule has 1 N–H and O–H groups in total. The quantitative estimate of drug-likeness (QED) is 0.939. The van der Waals surface area contributed by atoms with Gasteiger partial charge in [-0.15, -0.1) is 0 Å². The Hall–Kier alpha value is -2.69. The van der Waals surface area contributed by atoms with Gasteiger partial charge >= 0.3 is 0 Å². The zero-order valence-electron chi connectivity index (χ0n) is 13.7. The van der Waals surface area contributed by atoms with Crippen LogP contribution in [-0.4, -0.2) is 18.4 Å². The summed E-state index contributed by atoms with van der Waals surface area (Å²) in [7, 11) is 0. The molecular weight excluding hydrogens is 307 g/mol. The number of carbonyl (C=O) groups is 2. The molecule has 0 bridgehead atoms. The molecule has 2 aromatic carbocycles. The number of anilines is 2. The van der Waals surface area contributed by atoms with Gasteiger partial charge in [-0.1, -0.05) is 23.8 Å². The third-order valence-electron chi connectivity index (χ3n) is 4.23. The van der Waals surface area contributed by atoms with Crippen LogP contribution < -0.4 is 10.2 Å². The Morgan fingerprint density at radius 3 is 2.71 bits per heavy atom. The van der Waals surface area contributed by atoms with Gasteiger partial charge in [0.1, 0.15) is 5.82 Å². The third kappa shape index (κ3) is 3.30. The second-order valence-corrected chi connectivity index (χ2v) is 6.19. The van der Waals surface area contributed by atoms with E-state index in [2.05, 4.69) is 5.32 Å². The summed E-state index contributed by atoms with van der Waals surface area (Å²) in [6.45, 7) is 4.29. The molecule has 1 unspecified atom stereocenters. The number of hydrogen-bond acceptors (Lipinski definition) is 2. The van der Waals surface area contributed by atoms with Crippen LogP contribution in [0.15, 0.2) is 42.5 Å². The van der Waals surface area contributed by atoms with E-state index in [4.69, 9.17) is 0 Å². The summed E-state index contributed by atoms with van der Waals surface area (Å²) in [6.07, 6.45) is 0.161. The molecule has 1 aliphatic heterocycles. The minimum atomic E-state index is -0.443. The summed E-state index contributed by atoms with van der Waals surface area (Å²) in [5, 5.41) is 2.68.